The van der Waals surface area contributed by atoms with Crippen LogP contribution in [0.1, 0.15) is 10.4 Å². The summed E-state index contributed by atoms with van der Waals surface area (Å²) in [5, 5.41) is 0.454. The predicted octanol–water partition coefficient (Wildman–Crippen LogP) is 4.53. The topological polar surface area (TPSA) is 26.3 Å². The number of benzene rings is 2. The Labute approximate surface area is 123 Å². The third kappa shape index (κ3) is 3.26. The van der Waals surface area contributed by atoms with Crippen molar-refractivity contribution in [3.05, 3.63) is 63.6 Å². The number of rotatable bonds is 4. The molecule has 0 heterocycles. The van der Waals surface area contributed by atoms with Crippen molar-refractivity contribution in [2.45, 2.75) is 0 Å². The van der Waals surface area contributed by atoms with Gasteiger partial charge in [-0.25, -0.2) is 8.78 Å². The monoisotopic (exact) mass is 316 g/mol. The lowest BCUT2D eigenvalue weighted by Gasteiger charge is -2.09. The van der Waals surface area contributed by atoms with Gasteiger partial charge < -0.3 is 4.74 Å². The SMILES string of the molecule is O=C(COc1c(Cl)cccc1Cl)c1cc(F)ccc1F. The Morgan fingerprint density at radius 1 is 1.10 bits per heavy atom. The molecule has 6 heteroatoms. The van der Waals surface area contributed by atoms with Gasteiger partial charge in [-0.15, -0.1) is 0 Å². The van der Waals surface area contributed by atoms with E-state index in [2.05, 4.69) is 0 Å². The average molecular weight is 317 g/mol. The highest BCUT2D eigenvalue weighted by Gasteiger charge is 2.15. The van der Waals surface area contributed by atoms with Gasteiger partial charge in [0.05, 0.1) is 15.6 Å². The summed E-state index contributed by atoms with van der Waals surface area (Å²) in [6.45, 7) is -0.496. The molecular weight excluding hydrogens is 309 g/mol. The first-order chi connectivity index (χ1) is 9.49. The molecule has 0 atom stereocenters. The second kappa shape index (κ2) is 6.20. The molecule has 0 bridgehead atoms. The Morgan fingerprint density at radius 2 is 1.75 bits per heavy atom. The van der Waals surface area contributed by atoms with Crippen molar-refractivity contribution in [1.29, 1.82) is 0 Å². The van der Waals surface area contributed by atoms with Crippen LogP contribution in [-0.4, -0.2) is 12.4 Å². The molecule has 20 heavy (non-hydrogen) atoms. The summed E-state index contributed by atoms with van der Waals surface area (Å²) in [4.78, 5) is 11.8. The summed E-state index contributed by atoms with van der Waals surface area (Å²) in [5.41, 5.74) is -0.381. The van der Waals surface area contributed by atoms with Crippen molar-refractivity contribution in [3.63, 3.8) is 0 Å². The van der Waals surface area contributed by atoms with E-state index in [1.54, 1.807) is 6.07 Å². The summed E-state index contributed by atoms with van der Waals surface area (Å²) in [6.07, 6.45) is 0. The summed E-state index contributed by atoms with van der Waals surface area (Å²) < 4.78 is 31.6. The maximum absolute atomic E-state index is 13.4. The van der Waals surface area contributed by atoms with Gasteiger partial charge in [-0.1, -0.05) is 29.3 Å². The van der Waals surface area contributed by atoms with Gasteiger partial charge in [-0.2, -0.15) is 0 Å². The molecular formula is C14H8Cl2F2O2. The Hall–Kier alpha value is -1.65. The fraction of sp³-hybridized carbons (Fsp3) is 0.0714. The lowest BCUT2D eigenvalue weighted by atomic mass is 10.1. The summed E-state index contributed by atoms with van der Waals surface area (Å²) in [6, 6.07) is 7.32. The van der Waals surface area contributed by atoms with Gasteiger partial charge in [0.1, 0.15) is 11.6 Å². The largest absolute Gasteiger partial charge is 0.482 e. The zero-order chi connectivity index (χ0) is 14.7. The highest BCUT2D eigenvalue weighted by Crippen LogP contribution is 2.32. The fourth-order valence-electron chi connectivity index (χ4n) is 1.55. The minimum Gasteiger partial charge on any atom is -0.482 e. The maximum atomic E-state index is 13.4. The Morgan fingerprint density at radius 3 is 2.40 bits per heavy atom. The van der Waals surface area contributed by atoms with Crippen molar-refractivity contribution < 1.29 is 18.3 Å². The van der Waals surface area contributed by atoms with E-state index in [1.165, 1.54) is 12.1 Å². The minimum absolute atomic E-state index is 0.126. The number of carbonyl (C=O) groups excluding carboxylic acids is 1. The van der Waals surface area contributed by atoms with Gasteiger partial charge in [0.15, 0.2) is 12.4 Å². The molecule has 2 rings (SSSR count). The third-order valence-electron chi connectivity index (χ3n) is 2.50. The molecule has 104 valence electrons. The number of ketones is 1. The van der Waals surface area contributed by atoms with Crippen molar-refractivity contribution in [3.8, 4) is 5.75 Å². The van der Waals surface area contributed by atoms with Crippen molar-refractivity contribution in [1.82, 2.24) is 0 Å². The number of halogens is 4. The molecule has 0 unspecified atom stereocenters. The Bertz CT molecular complexity index is 639. The van der Waals surface area contributed by atoms with Crippen molar-refractivity contribution >= 4 is 29.0 Å². The average Bonchev–Trinajstić information content (AvgIpc) is 2.40. The predicted molar refractivity (Wildman–Crippen MR) is 72.6 cm³/mol. The number of ether oxygens (including phenoxy) is 1. The van der Waals surface area contributed by atoms with Gasteiger partial charge in [0.25, 0.3) is 0 Å². The van der Waals surface area contributed by atoms with E-state index in [9.17, 15) is 13.6 Å². The van der Waals surface area contributed by atoms with Crippen LogP contribution in [0.25, 0.3) is 0 Å². The van der Waals surface area contributed by atoms with E-state index < -0.39 is 24.0 Å². The fourth-order valence-corrected chi connectivity index (χ4v) is 2.05. The molecule has 0 spiro atoms. The highest BCUT2D eigenvalue weighted by molar-refractivity contribution is 6.37. The van der Waals surface area contributed by atoms with E-state index in [-0.39, 0.29) is 21.4 Å². The van der Waals surface area contributed by atoms with E-state index >= 15 is 0 Å². The second-order valence-electron chi connectivity index (χ2n) is 3.89. The molecule has 0 aliphatic carbocycles. The van der Waals surface area contributed by atoms with Crippen LogP contribution >= 0.6 is 23.2 Å². The van der Waals surface area contributed by atoms with Crippen LogP contribution in [0.3, 0.4) is 0 Å². The van der Waals surface area contributed by atoms with Gasteiger partial charge in [0.2, 0.25) is 5.78 Å². The molecule has 0 amide bonds. The standard InChI is InChI=1S/C14H8Cl2F2O2/c15-10-2-1-3-11(16)14(10)20-7-13(19)9-6-8(17)4-5-12(9)18/h1-6H,7H2. The Kier molecular flexibility index (Phi) is 4.57. The molecule has 0 N–H and O–H groups in total. The molecule has 2 nitrogen and oxygen atoms in total. The van der Waals surface area contributed by atoms with Gasteiger partial charge in [-0.05, 0) is 30.3 Å². The highest BCUT2D eigenvalue weighted by atomic mass is 35.5. The summed E-state index contributed by atoms with van der Waals surface area (Å²) in [7, 11) is 0. The minimum atomic E-state index is -0.815. The molecule has 0 aliphatic rings. The quantitative estimate of drug-likeness (QED) is 0.774. The maximum Gasteiger partial charge on any atom is 0.203 e. The van der Waals surface area contributed by atoms with Crippen molar-refractivity contribution in [2.75, 3.05) is 6.61 Å². The Balaban J connectivity index is 2.15. The number of para-hydroxylation sites is 1. The van der Waals surface area contributed by atoms with Crippen LogP contribution in [0.2, 0.25) is 10.0 Å². The molecule has 0 saturated heterocycles. The molecule has 0 fully saturated rings. The van der Waals surface area contributed by atoms with E-state index in [0.717, 1.165) is 18.2 Å². The molecule has 0 radical (unpaired) electrons. The summed E-state index contributed by atoms with van der Waals surface area (Å²) >= 11 is 11.7. The smallest absolute Gasteiger partial charge is 0.203 e. The number of hydrogen-bond acceptors (Lipinski definition) is 2. The van der Waals surface area contributed by atoms with Gasteiger partial charge >= 0.3 is 0 Å². The zero-order valence-electron chi connectivity index (χ0n) is 10.00. The normalized spacial score (nSPS) is 10.4. The lowest BCUT2D eigenvalue weighted by Crippen LogP contribution is -2.14. The van der Waals surface area contributed by atoms with Crippen LogP contribution in [0.15, 0.2) is 36.4 Å². The molecule has 0 aromatic heterocycles. The lowest BCUT2D eigenvalue weighted by molar-refractivity contribution is 0.0917. The van der Waals surface area contributed by atoms with Crippen LogP contribution < -0.4 is 4.74 Å². The number of hydrogen-bond donors (Lipinski definition) is 0. The number of Topliss-reactive ketones (excluding diaryl/α,β-unsaturated/α-hetero) is 1. The molecule has 2 aromatic rings. The zero-order valence-corrected chi connectivity index (χ0v) is 11.5. The molecule has 2 aromatic carbocycles. The first-order valence-corrected chi connectivity index (χ1v) is 6.29. The van der Waals surface area contributed by atoms with E-state index in [4.69, 9.17) is 27.9 Å². The summed E-state index contributed by atoms with van der Waals surface area (Å²) in [5.74, 6) is -2.10. The van der Waals surface area contributed by atoms with Crippen LogP contribution in [0, 0.1) is 11.6 Å². The number of carbonyl (C=O) groups is 1. The van der Waals surface area contributed by atoms with Crippen LogP contribution in [-0.2, 0) is 0 Å². The van der Waals surface area contributed by atoms with E-state index in [1.807, 2.05) is 0 Å². The van der Waals surface area contributed by atoms with Gasteiger partial charge in [-0.3, -0.25) is 4.79 Å². The van der Waals surface area contributed by atoms with Crippen LogP contribution in [0.5, 0.6) is 5.75 Å². The van der Waals surface area contributed by atoms with E-state index in [0.29, 0.717) is 0 Å². The van der Waals surface area contributed by atoms with Crippen LogP contribution in [0.4, 0.5) is 8.78 Å². The second-order valence-corrected chi connectivity index (χ2v) is 4.70. The molecule has 0 aliphatic heterocycles. The molecule has 0 saturated carbocycles. The first kappa shape index (κ1) is 14.8. The first-order valence-electron chi connectivity index (χ1n) is 5.54. The van der Waals surface area contributed by atoms with Crippen molar-refractivity contribution in [2.24, 2.45) is 0 Å². The van der Waals surface area contributed by atoms with Gasteiger partial charge in [0, 0.05) is 0 Å². The third-order valence-corrected chi connectivity index (χ3v) is 3.09.